The van der Waals surface area contributed by atoms with Crippen molar-refractivity contribution in [3.8, 4) is 0 Å². The van der Waals surface area contributed by atoms with Gasteiger partial charge < -0.3 is 15.7 Å². The fraction of sp³-hybridized carbons (Fsp3) is 0.467. The number of aliphatic hydroxyl groups excluding tert-OH is 1. The van der Waals surface area contributed by atoms with Gasteiger partial charge in [0.1, 0.15) is 5.82 Å². The Balaban J connectivity index is 1.81. The summed E-state index contributed by atoms with van der Waals surface area (Å²) in [5.74, 6) is -2.16. The molecule has 0 aromatic heterocycles. The lowest BCUT2D eigenvalue weighted by atomic mass is 10.0. The molecule has 3 N–H and O–H groups in total. The van der Waals surface area contributed by atoms with E-state index in [0.717, 1.165) is 31.7 Å². The van der Waals surface area contributed by atoms with E-state index in [2.05, 4.69) is 10.6 Å². The molecule has 1 aliphatic rings. The predicted octanol–water partition coefficient (Wildman–Crippen LogP) is 2.08. The van der Waals surface area contributed by atoms with Crippen molar-refractivity contribution in [2.24, 2.45) is 5.92 Å². The Morgan fingerprint density at radius 2 is 2.00 bits per heavy atom. The molecule has 1 aromatic carbocycles. The Bertz CT molecular complexity index is 562. The maximum absolute atomic E-state index is 13.0. The van der Waals surface area contributed by atoms with Crippen LogP contribution in [0.15, 0.2) is 18.2 Å². The molecule has 0 aliphatic heterocycles. The van der Waals surface area contributed by atoms with Crippen molar-refractivity contribution < 1.29 is 19.1 Å². The van der Waals surface area contributed by atoms with E-state index < -0.39 is 23.7 Å². The quantitative estimate of drug-likeness (QED) is 0.740. The van der Waals surface area contributed by atoms with Gasteiger partial charge in [-0.3, -0.25) is 9.59 Å². The Kier molecular flexibility index (Phi) is 5.74. The molecule has 22 heavy (non-hydrogen) atoms. The molecule has 0 spiro atoms. The third-order valence-electron chi connectivity index (χ3n) is 3.80. The van der Waals surface area contributed by atoms with Crippen LogP contribution in [0.2, 0.25) is 5.02 Å². The highest BCUT2D eigenvalue weighted by molar-refractivity contribution is 6.39. The summed E-state index contributed by atoms with van der Waals surface area (Å²) in [6.07, 6.45) is 3.41. The van der Waals surface area contributed by atoms with Crippen molar-refractivity contribution in [3.63, 3.8) is 0 Å². The van der Waals surface area contributed by atoms with Crippen LogP contribution in [-0.2, 0) is 9.59 Å². The van der Waals surface area contributed by atoms with Gasteiger partial charge in [0.15, 0.2) is 0 Å². The molecule has 0 heterocycles. The van der Waals surface area contributed by atoms with Crippen LogP contribution in [0.1, 0.15) is 25.7 Å². The van der Waals surface area contributed by atoms with Crippen LogP contribution in [0.3, 0.4) is 0 Å². The summed E-state index contributed by atoms with van der Waals surface area (Å²) in [5, 5.41) is 14.5. The zero-order chi connectivity index (χ0) is 16.1. The number of hydrogen-bond acceptors (Lipinski definition) is 3. The topological polar surface area (TPSA) is 78.4 Å². The van der Waals surface area contributed by atoms with E-state index in [4.69, 9.17) is 11.6 Å². The van der Waals surface area contributed by atoms with Crippen LogP contribution >= 0.6 is 11.6 Å². The van der Waals surface area contributed by atoms with Crippen LogP contribution in [0.25, 0.3) is 0 Å². The van der Waals surface area contributed by atoms with Gasteiger partial charge in [-0.15, -0.1) is 0 Å². The summed E-state index contributed by atoms with van der Waals surface area (Å²) >= 11 is 5.59. The molecule has 1 fully saturated rings. The first-order valence-corrected chi connectivity index (χ1v) is 7.57. The van der Waals surface area contributed by atoms with Gasteiger partial charge in [0.2, 0.25) is 0 Å². The van der Waals surface area contributed by atoms with Gasteiger partial charge in [0.05, 0.1) is 11.1 Å². The summed E-state index contributed by atoms with van der Waals surface area (Å²) in [7, 11) is 0. The minimum atomic E-state index is -0.888. The Hall–Kier alpha value is -1.66. The van der Waals surface area contributed by atoms with Gasteiger partial charge in [-0.2, -0.15) is 0 Å². The maximum atomic E-state index is 13.0. The van der Waals surface area contributed by atoms with Crippen molar-refractivity contribution >= 4 is 29.1 Å². The minimum Gasteiger partial charge on any atom is -0.391 e. The van der Waals surface area contributed by atoms with Crippen molar-refractivity contribution in [2.75, 3.05) is 11.9 Å². The molecule has 1 aliphatic carbocycles. The smallest absolute Gasteiger partial charge is 0.313 e. The summed E-state index contributed by atoms with van der Waals surface area (Å²) in [5.41, 5.74) is 0.225. The molecule has 1 unspecified atom stereocenters. The Morgan fingerprint density at radius 1 is 1.32 bits per heavy atom. The van der Waals surface area contributed by atoms with E-state index in [1.165, 1.54) is 12.1 Å². The van der Waals surface area contributed by atoms with Gasteiger partial charge in [-0.05, 0) is 37.0 Å². The largest absolute Gasteiger partial charge is 0.391 e. The molecule has 120 valence electrons. The lowest BCUT2D eigenvalue weighted by Gasteiger charge is -2.17. The maximum Gasteiger partial charge on any atom is 0.313 e. The average molecular weight is 329 g/mol. The lowest BCUT2D eigenvalue weighted by molar-refractivity contribution is -0.136. The molecule has 1 atom stereocenters. The van der Waals surface area contributed by atoms with Crippen LogP contribution in [0.5, 0.6) is 0 Å². The summed E-state index contributed by atoms with van der Waals surface area (Å²) in [6.45, 7) is 0.0428. The van der Waals surface area contributed by atoms with Gasteiger partial charge in [-0.25, -0.2) is 4.39 Å². The highest BCUT2D eigenvalue weighted by Crippen LogP contribution is 2.27. The molecule has 1 saturated carbocycles. The van der Waals surface area contributed by atoms with Crippen LogP contribution < -0.4 is 10.6 Å². The number of aliphatic hydroxyl groups is 1. The number of carbonyl (C=O) groups excluding carboxylic acids is 2. The van der Waals surface area contributed by atoms with E-state index >= 15 is 0 Å². The number of benzene rings is 1. The SMILES string of the molecule is O=C(NCC(O)C1CCCC1)C(=O)Nc1ccc(F)c(Cl)c1. The summed E-state index contributed by atoms with van der Waals surface area (Å²) in [6, 6.07) is 3.62. The second kappa shape index (κ2) is 7.56. The second-order valence-corrected chi connectivity index (χ2v) is 5.81. The van der Waals surface area contributed by atoms with Crippen LogP contribution in [-0.4, -0.2) is 29.6 Å². The number of rotatable bonds is 4. The number of anilines is 1. The molecule has 0 bridgehead atoms. The molecular formula is C15H18ClFN2O3. The molecule has 1 aromatic rings. The fourth-order valence-corrected chi connectivity index (χ4v) is 2.73. The number of halogens is 2. The van der Waals surface area contributed by atoms with Crippen molar-refractivity contribution in [2.45, 2.75) is 31.8 Å². The number of carbonyl (C=O) groups is 2. The van der Waals surface area contributed by atoms with Gasteiger partial charge in [0.25, 0.3) is 0 Å². The minimum absolute atomic E-state index is 0.0428. The summed E-state index contributed by atoms with van der Waals surface area (Å²) in [4.78, 5) is 23.4. The monoisotopic (exact) mass is 328 g/mol. The number of nitrogens with one attached hydrogen (secondary N) is 2. The molecule has 2 amide bonds. The lowest BCUT2D eigenvalue weighted by Crippen LogP contribution is -2.41. The zero-order valence-corrected chi connectivity index (χ0v) is 12.7. The Labute approximate surface area is 132 Å². The highest BCUT2D eigenvalue weighted by atomic mass is 35.5. The van der Waals surface area contributed by atoms with E-state index in [1.54, 1.807) is 0 Å². The Morgan fingerprint density at radius 3 is 2.64 bits per heavy atom. The number of amides is 2. The first-order valence-electron chi connectivity index (χ1n) is 7.19. The molecule has 2 rings (SSSR count). The van der Waals surface area contributed by atoms with E-state index in [0.29, 0.717) is 0 Å². The van der Waals surface area contributed by atoms with Crippen LogP contribution in [0.4, 0.5) is 10.1 Å². The number of hydrogen-bond donors (Lipinski definition) is 3. The van der Waals surface area contributed by atoms with E-state index in [1.807, 2.05) is 0 Å². The molecule has 0 saturated heterocycles. The van der Waals surface area contributed by atoms with Gasteiger partial charge in [0, 0.05) is 12.2 Å². The third kappa shape index (κ3) is 4.42. The van der Waals surface area contributed by atoms with Crippen molar-refractivity contribution in [1.29, 1.82) is 0 Å². The molecule has 5 nitrogen and oxygen atoms in total. The van der Waals surface area contributed by atoms with Crippen molar-refractivity contribution in [3.05, 3.63) is 29.0 Å². The fourth-order valence-electron chi connectivity index (χ4n) is 2.55. The molecular weight excluding hydrogens is 311 g/mol. The second-order valence-electron chi connectivity index (χ2n) is 5.40. The standard InChI is InChI=1S/C15H18ClFN2O3/c16-11-7-10(5-6-12(11)17)19-15(22)14(21)18-8-13(20)9-3-1-2-4-9/h5-7,9,13,20H,1-4,8H2,(H,18,21)(H,19,22). The first kappa shape index (κ1) is 16.7. The predicted molar refractivity (Wildman–Crippen MR) is 81.0 cm³/mol. The normalized spacial score (nSPS) is 16.3. The summed E-state index contributed by atoms with van der Waals surface area (Å²) < 4.78 is 13.0. The molecule has 7 heteroatoms. The average Bonchev–Trinajstić information content (AvgIpc) is 3.02. The van der Waals surface area contributed by atoms with E-state index in [9.17, 15) is 19.1 Å². The van der Waals surface area contributed by atoms with Gasteiger partial charge >= 0.3 is 11.8 Å². The van der Waals surface area contributed by atoms with Gasteiger partial charge in [-0.1, -0.05) is 24.4 Å². The van der Waals surface area contributed by atoms with Crippen molar-refractivity contribution in [1.82, 2.24) is 5.32 Å². The van der Waals surface area contributed by atoms with E-state index in [-0.39, 0.29) is 23.2 Å². The van der Waals surface area contributed by atoms with Crippen LogP contribution in [0, 0.1) is 11.7 Å². The first-order chi connectivity index (χ1) is 10.5. The highest BCUT2D eigenvalue weighted by Gasteiger charge is 2.24. The third-order valence-corrected chi connectivity index (χ3v) is 4.09. The zero-order valence-electron chi connectivity index (χ0n) is 11.9. The molecule has 0 radical (unpaired) electrons.